The summed E-state index contributed by atoms with van der Waals surface area (Å²) < 4.78 is 10.7. The number of methoxy groups -OCH3 is 1. The summed E-state index contributed by atoms with van der Waals surface area (Å²) >= 11 is 0. The van der Waals surface area contributed by atoms with Crippen molar-refractivity contribution in [3.05, 3.63) is 29.3 Å². The van der Waals surface area contributed by atoms with Crippen molar-refractivity contribution in [2.24, 2.45) is 0 Å². The zero-order valence-electron chi connectivity index (χ0n) is 12.7. The van der Waals surface area contributed by atoms with Crippen LogP contribution in [0.5, 0.6) is 5.75 Å². The molecule has 1 heterocycles. The topological polar surface area (TPSA) is 33.7 Å². The fourth-order valence-corrected chi connectivity index (χ4v) is 2.47. The van der Waals surface area contributed by atoms with Crippen LogP contribution in [0.2, 0.25) is 0 Å². The van der Waals surface area contributed by atoms with Crippen LogP contribution < -0.4 is 10.1 Å². The Bertz CT molecular complexity index is 409. The number of ether oxygens (including phenoxy) is 2. The highest BCUT2D eigenvalue weighted by Gasteiger charge is 2.11. The van der Waals surface area contributed by atoms with Gasteiger partial charge in [-0.05, 0) is 37.1 Å². The number of nitrogens with zero attached hydrogens (tertiary/aromatic N) is 1. The summed E-state index contributed by atoms with van der Waals surface area (Å²) in [4.78, 5) is 2.34. The minimum Gasteiger partial charge on any atom is -0.493 e. The Kier molecular flexibility index (Phi) is 6.30. The van der Waals surface area contributed by atoms with Crippen molar-refractivity contribution in [2.75, 3.05) is 47.0 Å². The van der Waals surface area contributed by atoms with E-state index in [2.05, 4.69) is 35.5 Å². The van der Waals surface area contributed by atoms with E-state index in [-0.39, 0.29) is 0 Å². The van der Waals surface area contributed by atoms with E-state index in [9.17, 15) is 0 Å². The number of aryl methyl sites for hydroxylation is 1. The van der Waals surface area contributed by atoms with E-state index >= 15 is 0 Å². The van der Waals surface area contributed by atoms with Crippen LogP contribution >= 0.6 is 0 Å². The van der Waals surface area contributed by atoms with Crippen LogP contribution in [0, 0.1) is 0 Å². The molecule has 1 aliphatic rings. The fraction of sp³-hybridized carbons (Fsp3) is 0.625. The van der Waals surface area contributed by atoms with Gasteiger partial charge in [-0.2, -0.15) is 0 Å². The Hall–Kier alpha value is -1.10. The van der Waals surface area contributed by atoms with Crippen LogP contribution in [0.4, 0.5) is 0 Å². The number of benzene rings is 1. The molecule has 4 heteroatoms. The van der Waals surface area contributed by atoms with Crippen molar-refractivity contribution in [2.45, 2.75) is 19.4 Å². The molecular formula is C16H26N2O2. The maximum absolute atomic E-state index is 5.65. The maximum atomic E-state index is 5.65. The minimum atomic E-state index is 0.772. The molecule has 0 saturated heterocycles. The zero-order chi connectivity index (χ0) is 14.2. The number of hydrogen-bond acceptors (Lipinski definition) is 4. The molecule has 20 heavy (non-hydrogen) atoms. The van der Waals surface area contributed by atoms with Crippen molar-refractivity contribution < 1.29 is 9.47 Å². The van der Waals surface area contributed by atoms with Gasteiger partial charge < -0.3 is 19.7 Å². The minimum absolute atomic E-state index is 0.772. The van der Waals surface area contributed by atoms with E-state index in [0.717, 1.165) is 58.0 Å². The predicted molar refractivity (Wildman–Crippen MR) is 81.3 cm³/mol. The summed E-state index contributed by atoms with van der Waals surface area (Å²) in [6.07, 6.45) is 2.28. The highest BCUT2D eigenvalue weighted by Crippen LogP contribution is 2.25. The number of likely N-dealkylation sites (N-methyl/N-ethyl adjacent to an activating group) is 1. The number of hydrogen-bond donors (Lipinski definition) is 1. The molecule has 0 unspecified atom stereocenters. The van der Waals surface area contributed by atoms with E-state index in [1.807, 2.05) is 0 Å². The molecule has 0 aliphatic carbocycles. The number of fused-ring (bicyclic) bond motifs is 1. The molecule has 0 amide bonds. The first kappa shape index (κ1) is 15.3. The molecule has 0 spiro atoms. The second-order valence-corrected chi connectivity index (χ2v) is 5.37. The molecule has 0 bridgehead atoms. The first-order valence-electron chi connectivity index (χ1n) is 7.42. The van der Waals surface area contributed by atoms with Gasteiger partial charge in [-0.15, -0.1) is 0 Å². The average Bonchev–Trinajstić information content (AvgIpc) is 2.47. The molecule has 0 radical (unpaired) electrons. The smallest absolute Gasteiger partial charge is 0.122 e. The highest BCUT2D eigenvalue weighted by molar-refractivity contribution is 5.38. The molecule has 2 rings (SSSR count). The summed E-state index contributed by atoms with van der Waals surface area (Å²) in [7, 11) is 3.89. The first-order valence-corrected chi connectivity index (χ1v) is 7.42. The lowest BCUT2D eigenvalue weighted by Crippen LogP contribution is -2.30. The lowest BCUT2D eigenvalue weighted by Gasteiger charge is -2.20. The Balaban J connectivity index is 1.75. The fourth-order valence-electron chi connectivity index (χ4n) is 2.47. The summed E-state index contributed by atoms with van der Waals surface area (Å²) in [5.74, 6) is 1.07. The molecular weight excluding hydrogens is 252 g/mol. The van der Waals surface area contributed by atoms with Crippen LogP contribution in [-0.2, 0) is 17.7 Å². The second kappa shape index (κ2) is 8.25. The van der Waals surface area contributed by atoms with Gasteiger partial charge in [-0.1, -0.05) is 12.1 Å². The van der Waals surface area contributed by atoms with Crippen LogP contribution in [-0.4, -0.2) is 51.9 Å². The van der Waals surface area contributed by atoms with Gasteiger partial charge in [0.2, 0.25) is 0 Å². The van der Waals surface area contributed by atoms with Gasteiger partial charge in [-0.3, -0.25) is 0 Å². The average molecular weight is 278 g/mol. The molecule has 1 aromatic carbocycles. The maximum Gasteiger partial charge on any atom is 0.122 e. The molecule has 0 aromatic heterocycles. The van der Waals surface area contributed by atoms with Crippen molar-refractivity contribution >= 4 is 0 Å². The first-order chi connectivity index (χ1) is 9.79. The molecule has 4 nitrogen and oxygen atoms in total. The van der Waals surface area contributed by atoms with E-state index < -0.39 is 0 Å². The van der Waals surface area contributed by atoms with Gasteiger partial charge in [0.15, 0.2) is 0 Å². The molecule has 112 valence electrons. The van der Waals surface area contributed by atoms with E-state index in [1.54, 1.807) is 7.11 Å². The van der Waals surface area contributed by atoms with E-state index in [0.29, 0.717) is 0 Å². The Labute approximate surface area is 122 Å². The third-order valence-corrected chi connectivity index (χ3v) is 3.58. The van der Waals surface area contributed by atoms with Gasteiger partial charge in [0.25, 0.3) is 0 Å². The molecule has 0 atom stereocenters. The number of nitrogens with one attached hydrogen (secondary N) is 1. The Morgan fingerprint density at radius 2 is 2.25 bits per heavy atom. The predicted octanol–water partition coefficient (Wildman–Crippen LogP) is 1.68. The normalized spacial score (nSPS) is 14.2. The van der Waals surface area contributed by atoms with Crippen LogP contribution in [0.3, 0.4) is 0 Å². The second-order valence-electron chi connectivity index (χ2n) is 5.37. The van der Waals surface area contributed by atoms with Crippen LogP contribution in [0.1, 0.15) is 17.5 Å². The van der Waals surface area contributed by atoms with Crippen LogP contribution in [0.15, 0.2) is 18.2 Å². The summed E-state index contributed by atoms with van der Waals surface area (Å²) in [6, 6.07) is 6.59. The molecule has 1 N–H and O–H groups in total. The number of rotatable bonds is 8. The van der Waals surface area contributed by atoms with Gasteiger partial charge in [-0.25, -0.2) is 0 Å². The summed E-state index contributed by atoms with van der Waals surface area (Å²) in [5.41, 5.74) is 2.73. The van der Waals surface area contributed by atoms with Crippen molar-refractivity contribution in [3.8, 4) is 5.75 Å². The molecule has 0 fully saturated rings. The van der Waals surface area contributed by atoms with Gasteiger partial charge in [0.1, 0.15) is 5.75 Å². The van der Waals surface area contributed by atoms with Crippen molar-refractivity contribution in [1.82, 2.24) is 10.2 Å². The molecule has 0 saturated carbocycles. The summed E-state index contributed by atoms with van der Waals surface area (Å²) in [5, 5.41) is 3.37. The van der Waals surface area contributed by atoms with Gasteiger partial charge in [0.05, 0.1) is 13.2 Å². The van der Waals surface area contributed by atoms with E-state index in [4.69, 9.17) is 9.47 Å². The van der Waals surface area contributed by atoms with Crippen molar-refractivity contribution in [1.29, 1.82) is 0 Å². The van der Waals surface area contributed by atoms with E-state index in [1.165, 1.54) is 11.1 Å². The largest absolute Gasteiger partial charge is 0.493 e. The quantitative estimate of drug-likeness (QED) is 0.734. The molecule has 1 aliphatic heterocycles. The van der Waals surface area contributed by atoms with Gasteiger partial charge in [0, 0.05) is 33.3 Å². The van der Waals surface area contributed by atoms with Gasteiger partial charge >= 0.3 is 0 Å². The highest BCUT2D eigenvalue weighted by atomic mass is 16.5. The third kappa shape index (κ3) is 4.78. The SMILES string of the molecule is COCCNCCN(C)Cc1ccc2c(c1)CCCO2. The Morgan fingerprint density at radius 1 is 1.35 bits per heavy atom. The monoisotopic (exact) mass is 278 g/mol. The lowest BCUT2D eigenvalue weighted by molar-refractivity contribution is 0.197. The Morgan fingerprint density at radius 3 is 3.10 bits per heavy atom. The third-order valence-electron chi connectivity index (χ3n) is 3.58. The standard InChI is InChI=1S/C16H26N2O2/c1-18(9-7-17-8-11-19-2)13-14-5-6-16-15(12-14)4-3-10-20-16/h5-6,12,17H,3-4,7-11,13H2,1-2H3. The van der Waals surface area contributed by atoms with Crippen LogP contribution in [0.25, 0.3) is 0 Å². The van der Waals surface area contributed by atoms with Crippen molar-refractivity contribution in [3.63, 3.8) is 0 Å². The zero-order valence-corrected chi connectivity index (χ0v) is 12.7. The summed E-state index contributed by atoms with van der Waals surface area (Å²) in [6.45, 7) is 5.57. The lowest BCUT2D eigenvalue weighted by atomic mass is 10.0. The molecule has 1 aromatic rings.